The normalized spacial score (nSPS) is 11.6. The van der Waals surface area contributed by atoms with Gasteiger partial charge in [-0.3, -0.25) is 20.2 Å². The van der Waals surface area contributed by atoms with E-state index in [-0.39, 0.29) is 12.5 Å². The summed E-state index contributed by atoms with van der Waals surface area (Å²) in [6.45, 7) is 2.47. The summed E-state index contributed by atoms with van der Waals surface area (Å²) in [5.74, 6) is 0.0278. The Bertz CT molecular complexity index is 510. The molecule has 0 unspecified atom stereocenters. The molecule has 3 N–H and O–H groups in total. The van der Waals surface area contributed by atoms with Gasteiger partial charge in [-0.15, -0.1) is 0 Å². The number of methoxy groups -OCH3 is 1. The van der Waals surface area contributed by atoms with Gasteiger partial charge in [0.15, 0.2) is 0 Å². The van der Waals surface area contributed by atoms with Crippen molar-refractivity contribution in [3.8, 4) is 5.75 Å². The Kier molecular flexibility index (Phi) is 9.48. The van der Waals surface area contributed by atoms with Gasteiger partial charge in [0.05, 0.1) is 19.6 Å². The Labute approximate surface area is 142 Å². The van der Waals surface area contributed by atoms with Gasteiger partial charge >= 0.3 is 0 Å². The van der Waals surface area contributed by atoms with Crippen molar-refractivity contribution in [1.82, 2.24) is 15.9 Å². The minimum absolute atomic E-state index is 0.0185. The maximum Gasteiger partial charge on any atom is 0.239 e. The lowest BCUT2D eigenvalue weighted by Crippen LogP contribution is -2.44. The van der Waals surface area contributed by atoms with E-state index in [0.717, 1.165) is 30.6 Å². The van der Waals surface area contributed by atoms with Crippen molar-refractivity contribution in [1.29, 1.82) is 0 Å². The molecule has 0 saturated carbocycles. The average Bonchev–Trinajstić information content (AvgIpc) is 2.61. The van der Waals surface area contributed by atoms with E-state index in [9.17, 15) is 14.8 Å². The molecule has 1 aromatic rings. The predicted octanol–water partition coefficient (Wildman–Crippen LogP) is 1.86. The quantitative estimate of drug-likeness (QED) is 0.234. The van der Waals surface area contributed by atoms with E-state index in [4.69, 9.17) is 4.74 Å². The third kappa shape index (κ3) is 6.97. The highest BCUT2D eigenvalue weighted by atomic mass is 16.5. The van der Waals surface area contributed by atoms with Crippen LogP contribution in [0.5, 0.6) is 5.75 Å². The third-order valence-corrected chi connectivity index (χ3v) is 3.74. The highest BCUT2D eigenvalue weighted by molar-refractivity contribution is 5.78. The van der Waals surface area contributed by atoms with E-state index >= 15 is 0 Å². The first-order valence-corrected chi connectivity index (χ1v) is 8.17. The zero-order valence-corrected chi connectivity index (χ0v) is 14.3. The minimum Gasteiger partial charge on any atom is -0.496 e. The maximum atomic E-state index is 12.3. The molecule has 0 heterocycles. The molecule has 1 atom stereocenters. The Morgan fingerprint density at radius 3 is 2.79 bits per heavy atom. The van der Waals surface area contributed by atoms with E-state index in [0.29, 0.717) is 24.4 Å². The summed E-state index contributed by atoms with van der Waals surface area (Å²) in [6.07, 6.45) is 3.83. The number of hydrogen-bond acceptors (Lipinski definition) is 5. The van der Waals surface area contributed by atoms with Gasteiger partial charge in [-0.25, -0.2) is 10.5 Å². The number of hydrogen-bond donors (Lipinski definition) is 3. The summed E-state index contributed by atoms with van der Waals surface area (Å²) < 4.78 is 5.25. The van der Waals surface area contributed by atoms with E-state index in [1.54, 1.807) is 7.11 Å². The summed E-state index contributed by atoms with van der Waals surface area (Å²) >= 11 is 0. The topological polar surface area (TPSA) is 90.9 Å². The van der Waals surface area contributed by atoms with Crippen LogP contribution in [-0.2, 0) is 16.1 Å². The molecule has 0 saturated heterocycles. The summed E-state index contributed by atoms with van der Waals surface area (Å²) in [5, 5.41) is 9.86. The number of benzene rings is 1. The summed E-state index contributed by atoms with van der Waals surface area (Å²) in [4.78, 5) is 22.9. The van der Waals surface area contributed by atoms with Gasteiger partial charge in [0.25, 0.3) is 0 Å². The highest BCUT2D eigenvalue weighted by Gasteiger charge is 2.20. The summed E-state index contributed by atoms with van der Waals surface area (Å²) in [6, 6.07) is 7.52. The van der Waals surface area contributed by atoms with E-state index in [1.807, 2.05) is 24.3 Å². The molecule has 2 amide bonds. The molecule has 24 heavy (non-hydrogen) atoms. The molecule has 0 aliphatic carbocycles. The summed E-state index contributed by atoms with van der Waals surface area (Å²) in [5.41, 5.74) is 6.43. The molecule has 0 aromatic heterocycles. The molecule has 0 fully saturated rings. The van der Waals surface area contributed by atoms with Gasteiger partial charge in [-0.2, -0.15) is 0 Å². The Balaban J connectivity index is 2.52. The van der Waals surface area contributed by atoms with Gasteiger partial charge in [-0.05, 0) is 12.5 Å². The lowest BCUT2D eigenvalue weighted by Gasteiger charge is -2.20. The fraction of sp³-hybridized carbons (Fsp3) is 0.529. The second kappa shape index (κ2) is 11.4. The van der Waals surface area contributed by atoms with Crippen LogP contribution in [0.2, 0.25) is 0 Å². The van der Waals surface area contributed by atoms with Gasteiger partial charge < -0.3 is 4.74 Å². The van der Waals surface area contributed by atoms with Crippen molar-refractivity contribution in [2.45, 2.75) is 39.2 Å². The van der Waals surface area contributed by atoms with E-state index in [1.165, 1.54) is 0 Å². The first-order valence-electron chi connectivity index (χ1n) is 8.17. The summed E-state index contributed by atoms with van der Waals surface area (Å²) in [7, 11) is 1.59. The Morgan fingerprint density at radius 1 is 1.38 bits per heavy atom. The van der Waals surface area contributed by atoms with Gasteiger partial charge in [0.2, 0.25) is 12.3 Å². The van der Waals surface area contributed by atoms with Crippen LogP contribution in [0, 0.1) is 5.92 Å². The van der Waals surface area contributed by atoms with Crippen LogP contribution >= 0.6 is 0 Å². The monoisotopic (exact) mass is 337 g/mol. The first-order chi connectivity index (χ1) is 11.6. The van der Waals surface area contributed by atoms with Crippen LogP contribution in [0.3, 0.4) is 0 Å². The second-order valence-corrected chi connectivity index (χ2v) is 5.57. The van der Waals surface area contributed by atoms with Crippen LogP contribution in [0.25, 0.3) is 0 Å². The van der Waals surface area contributed by atoms with Crippen LogP contribution < -0.4 is 15.6 Å². The lowest BCUT2D eigenvalue weighted by atomic mass is 10.0. The fourth-order valence-corrected chi connectivity index (χ4v) is 2.39. The molecule has 0 radical (unpaired) electrons. The van der Waals surface area contributed by atoms with Gasteiger partial charge in [-0.1, -0.05) is 44.4 Å². The van der Waals surface area contributed by atoms with Gasteiger partial charge in [0, 0.05) is 12.1 Å². The zero-order valence-electron chi connectivity index (χ0n) is 14.3. The molecule has 1 aromatic carbocycles. The zero-order chi connectivity index (χ0) is 17.8. The number of carbonyl (C=O) groups is 2. The molecule has 0 bridgehead atoms. The van der Waals surface area contributed by atoms with Crippen molar-refractivity contribution < 1.29 is 19.5 Å². The fourth-order valence-electron chi connectivity index (χ4n) is 2.39. The van der Waals surface area contributed by atoms with Crippen LogP contribution in [0.1, 0.15) is 38.2 Å². The molecule has 0 aliphatic rings. The van der Waals surface area contributed by atoms with E-state index < -0.39 is 5.92 Å². The number of nitrogens with zero attached hydrogens (tertiary/aromatic N) is 1. The van der Waals surface area contributed by atoms with E-state index in [2.05, 4.69) is 17.8 Å². The van der Waals surface area contributed by atoms with Gasteiger partial charge in [0.1, 0.15) is 5.75 Å². The van der Waals surface area contributed by atoms with Crippen LogP contribution in [0.4, 0.5) is 0 Å². The third-order valence-electron chi connectivity index (χ3n) is 3.74. The molecule has 0 aliphatic heterocycles. The first kappa shape index (κ1) is 19.9. The number of ether oxygens (including phenoxy) is 1. The molecular weight excluding hydrogens is 310 g/mol. The molecular formula is C17H27N3O4. The maximum absolute atomic E-state index is 12.3. The van der Waals surface area contributed by atoms with Crippen LogP contribution in [-0.4, -0.2) is 36.2 Å². The molecule has 134 valence electrons. The standard InChI is InChI=1S/C17H27N3O4/c1-3-4-5-9-15(12-20(23)13-21)17(22)19-18-11-14-8-6-7-10-16(14)24-2/h6-8,10,13,15,18,23H,3-5,9,11-12H2,1-2H3,(H,19,22)/t15-/m1/s1. The SMILES string of the molecule is CCCCC[C@H](CN(O)C=O)C(=O)NNCc1ccccc1OC. The molecule has 1 rings (SSSR count). The van der Waals surface area contributed by atoms with Crippen molar-refractivity contribution in [2.75, 3.05) is 13.7 Å². The number of hydrazine groups is 1. The smallest absolute Gasteiger partial charge is 0.239 e. The molecule has 0 spiro atoms. The van der Waals surface area contributed by atoms with Crippen molar-refractivity contribution >= 4 is 12.3 Å². The number of carbonyl (C=O) groups excluding carboxylic acids is 2. The minimum atomic E-state index is -0.461. The Hall–Kier alpha value is -2.12. The second-order valence-electron chi connectivity index (χ2n) is 5.57. The van der Waals surface area contributed by atoms with Crippen LogP contribution in [0.15, 0.2) is 24.3 Å². The lowest BCUT2D eigenvalue weighted by molar-refractivity contribution is -0.154. The molecule has 7 nitrogen and oxygen atoms in total. The van der Waals surface area contributed by atoms with Crippen molar-refractivity contribution in [2.24, 2.45) is 5.92 Å². The number of hydroxylamine groups is 2. The number of nitrogens with one attached hydrogen (secondary N) is 2. The predicted molar refractivity (Wildman–Crippen MR) is 90.2 cm³/mol. The average molecular weight is 337 g/mol. The highest BCUT2D eigenvalue weighted by Crippen LogP contribution is 2.16. The number of amides is 2. The Morgan fingerprint density at radius 2 is 2.12 bits per heavy atom. The van der Waals surface area contributed by atoms with Crippen molar-refractivity contribution in [3.63, 3.8) is 0 Å². The number of rotatable bonds is 12. The number of unbranched alkanes of at least 4 members (excludes halogenated alkanes) is 2. The number of para-hydroxylation sites is 1. The largest absolute Gasteiger partial charge is 0.496 e. The van der Waals surface area contributed by atoms with Crippen molar-refractivity contribution in [3.05, 3.63) is 29.8 Å². The molecule has 7 heteroatoms.